The number of nitrogens with one attached hydrogen (secondary N) is 1. The standard InChI is InChI=1S/C13H16N2O4/c14-12(16)10-2-1-8(13(17)18)7-11(10)15-9-3-5-19-6-4-9/h1-2,7,9,15H,3-6H2,(H2,14,16)(H,17,18). The van der Waals surface area contributed by atoms with E-state index in [0.717, 1.165) is 12.8 Å². The Balaban J connectivity index is 2.26. The number of carbonyl (C=O) groups excluding carboxylic acids is 1. The van der Waals surface area contributed by atoms with E-state index in [2.05, 4.69) is 5.32 Å². The molecule has 0 atom stereocenters. The molecule has 1 aromatic rings. The number of nitrogens with two attached hydrogens (primary N) is 1. The molecule has 2 rings (SSSR count). The van der Waals surface area contributed by atoms with Crippen molar-refractivity contribution in [2.75, 3.05) is 18.5 Å². The number of aromatic carboxylic acids is 1. The van der Waals surface area contributed by atoms with Gasteiger partial charge in [0.15, 0.2) is 0 Å². The smallest absolute Gasteiger partial charge is 0.335 e. The third-order valence-electron chi connectivity index (χ3n) is 3.11. The van der Waals surface area contributed by atoms with Gasteiger partial charge in [-0.15, -0.1) is 0 Å². The van der Waals surface area contributed by atoms with Crippen molar-refractivity contribution in [3.8, 4) is 0 Å². The number of carboxylic acid groups (broad SMARTS) is 1. The zero-order valence-corrected chi connectivity index (χ0v) is 10.4. The van der Waals surface area contributed by atoms with E-state index in [1.165, 1.54) is 18.2 Å². The maximum absolute atomic E-state index is 11.4. The van der Waals surface area contributed by atoms with Crippen LogP contribution in [-0.4, -0.2) is 36.2 Å². The normalized spacial score (nSPS) is 16.0. The molecule has 0 unspecified atom stereocenters. The average Bonchev–Trinajstić information content (AvgIpc) is 2.39. The van der Waals surface area contributed by atoms with Gasteiger partial charge in [-0.1, -0.05) is 0 Å². The van der Waals surface area contributed by atoms with Crippen molar-refractivity contribution in [2.24, 2.45) is 5.73 Å². The van der Waals surface area contributed by atoms with E-state index in [1.807, 2.05) is 0 Å². The molecule has 0 bridgehead atoms. The van der Waals surface area contributed by atoms with Crippen LogP contribution < -0.4 is 11.1 Å². The molecule has 102 valence electrons. The average molecular weight is 264 g/mol. The topological polar surface area (TPSA) is 102 Å². The van der Waals surface area contributed by atoms with Crippen molar-refractivity contribution in [2.45, 2.75) is 18.9 Å². The predicted molar refractivity (Wildman–Crippen MR) is 69.4 cm³/mol. The van der Waals surface area contributed by atoms with Gasteiger partial charge >= 0.3 is 5.97 Å². The Bertz CT molecular complexity index is 495. The monoisotopic (exact) mass is 264 g/mol. The maximum atomic E-state index is 11.4. The van der Waals surface area contributed by atoms with Crippen LogP contribution in [-0.2, 0) is 4.74 Å². The first-order valence-electron chi connectivity index (χ1n) is 6.09. The van der Waals surface area contributed by atoms with E-state index in [-0.39, 0.29) is 11.6 Å². The molecule has 1 aromatic carbocycles. The quantitative estimate of drug-likeness (QED) is 0.755. The van der Waals surface area contributed by atoms with E-state index in [4.69, 9.17) is 15.6 Å². The Hall–Kier alpha value is -2.08. The highest BCUT2D eigenvalue weighted by Gasteiger charge is 2.17. The number of amides is 1. The van der Waals surface area contributed by atoms with Gasteiger partial charge < -0.3 is 20.9 Å². The van der Waals surface area contributed by atoms with E-state index in [9.17, 15) is 9.59 Å². The van der Waals surface area contributed by atoms with Gasteiger partial charge in [0.05, 0.1) is 11.1 Å². The Labute approximate surface area is 110 Å². The van der Waals surface area contributed by atoms with Gasteiger partial charge in [0, 0.05) is 24.9 Å². The summed E-state index contributed by atoms with van der Waals surface area (Å²) in [5.41, 5.74) is 6.19. The fraction of sp³-hybridized carbons (Fsp3) is 0.385. The van der Waals surface area contributed by atoms with E-state index < -0.39 is 11.9 Å². The molecule has 0 spiro atoms. The molecular weight excluding hydrogens is 248 g/mol. The number of primary amides is 1. The highest BCUT2D eigenvalue weighted by atomic mass is 16.5. The van der Waals surface area contributed by atoms with Crippen LogP contribution in [0.3, 0.4) is 0 Å². The maximum Gasteiger partial charge on any atom is 0.335 e. The van der Waals surface area contributed by atoms with Crippen LogP contribution in [0.5, 0.6) is 0 Å². The summed E-state index contributed by atoms with van der Waals surface area (Å²) in [6, 6.07) is 4.42. The number of benzene rings is 1. The third kappa shape index (κ3) is 3.23. The first kappa shape index (κ1) is 13.4. The Morgan fingerprint density at radius 1 is 1.32 bits per heavy atom. The van der Waals surface area contributed by atoms with Gasteiger partial charge in [0.25, 0.3) is 5.91 Å². The van der Waals surface area contributed by atoms with Crippen molar-refractivity contribution in [3.05, 3.63) is 29.3 Å². The van der Waals surface area contributed by atoms with Crippen molar-refractivity contribution in [1.82, 2.24) is 0 Å². The van der Waals surface area contributed by atoms with Crippen molar-refractivity contribution >= 4 is 17.6 Å². The van der Waals surface area contributed by atoms with E-state index in [0.29, 0.717) is 24.5 Å². The Kier molecular flexibility index (Phi) is 4.01. The van der Waals surface area contributed by atoms with Crippen molar-refractivity contribution in [3.63, 3.8) is 0 Å². The fourth-order valence-electron chi connectivity index (χ4n) is 2.07. The minimum atomic E-state index is -1.04. The highest BCUT2D eigenvalue weighted by Crippen LogP contribution is 2.21. The molecule has 1 aliphatic rings. The summed E-state index contributed by atoms with van der Waals surface area (Å²) in [6.45, 7) is 1.31. The molecule has 0 aliphatic carbocycles. The number of carboxylic acids is 1. The van der Waals surface area contributed by atoms with Crippen LogP contribution in [0, 0.1) is 0 Å². The molecule has 0 aromatic heterocycles. The van der Waals surface area contributed by atoms with Crippen LogP contribution in [0.25, 0.3) is 0 Å². The van der Waals surface area contributed by atoms with Gasteiger partial charge in [0.1, 0.15) is 0 Å². The lowest BCUT2D eigenvalue weighted by Crippen LogP contribution is -2.29. The lowest BCUT2D eigenvalue weighted by molar-refractivity contribution is 0.0696. The first-order valence-corrected chi connectivity index (χ1v) is 6.09. The minimum absolute atomic E-state index is 0.125. The molecule has 19 heavy (non-hydrogen) atoms. The SMILES string of the molecule is NC(=O)c1ccc(C(=O)O)cc1NC1CCOCC1. The van der Waals surface area contributed by atoms with Crippen LogP contribution in [0.15, 0.2) is 18.2 Å². The summed E-state index contributed by atoms with van der Waals surface area (Å²) in [5, 5.41) is 12.2. The summed E-state index contributed by atoms with van der Waals surface area (Å²) in [6.07, 6.45) is 1.63. The molecule has 0 radical (unpaired) electrons. The van der Waals surface area contributed by atoms with Crippen LogP contribution >= 0.6 is 0 Å². The molecule has 6 heteroatoms. The van der Waals surface area contributed by atoms with Gasteiger partial charge in [-0.3, -0.25) is 4.79 Å². The van der Waals surface area contributed by atoms with Gasteiger partial charge in [-0.05, 0) is 31.0 Å². The molecule has 1 fully saturated rings. The second-order valence-electron chi connectivity index (χ2n) is 4.46. The summed E-state index contributed by atoms with van der Waals surface area (Å²) in [7, 11) is 0. The Morgan fingerprint density at radius 3 is 2.58 bits per heavy atom. The summed E-state index contributed by atoms with van der Waals surface area (Å²) < 4.78 is 5.25. The van der Waals surface area contributed by atoms with Crippen LogP contribution in [0.1, 0.15) is 33.6 Å². The molecule has 0 saturated carbocycles. The predicted octanol–water partition coefficient (Wildman–Crippen LogP) is 1.07. The first-order chi connectivity index (χ1) is 9.08. The summed E-state index contributed by atoms with van der Waals surface area (Å²) >= 11 is 0. The molecule has 6 nitrogen and oxygen atoms in total. The summed E-state index contributed by atoms with van der Waals surface area (Å²) in [5.74, 6) is -1.61. The lowest BCUT2D eigenvalue weighted by atomic mass is 10.0. The largest absolute Gasteiger partial charge is 0.478 e. The highest BCUT2D eigenvalue weighted by molar-refractivity contribution is 6.00. The van der Waals surface area contributed by atoms with Gasteiger partial charge in [0.2, 0.25) is 0 Å². The molecule has 1 amide bonds. The Morgan fingerprint density at radius 2 is 2.00 bits per heavy atom. The van der Waals surface area contributed by atoms with Crippen LogP contribution in [0.4, 0.5) is 5.69 Å². The number of carbonyl (C=O) groups is 2. The van der Waals surface area contributed by atoms with Gasteiger partial charge in [-0.2, -0.15) is 0 Å². The summed E-state index contributed by atoms with van der Waals surface area (Å²) in [4.78, 5) is 22.3. The molecule has 1 aliphatic heterocycles. The fourth-order valence-corrected chi connectivity index (χ4v) is 2.07. The number of rotatable bonds is 4. The molecular formula is C13H16N2O4. The lowest BCUT2D eigenvalue weighted by Gasteiger charge is -2.25. The number of hydrogen-bond acceptors (Lipinski definition) is 4. The van der Waals surface area contributed by atoms with E-state index >= 15 is 0 Å². The van der Waals surface area contributed by atoms with E-state index in [1.54, 1.807) is 0 Å². The number of hydrogen-bond donors (Lipinski definition) is 3. The zero-order valence-electron chi connectivity index (χ0n) is 10.4. The molecule has 4 N–H and O–H groups in total. The van der Waals surface area contributed by atoms with Crippen molar-refractivity contribution in [1.29, 1.82) is 0 Å². The van der Waals surface area contributed by atoms with Crippen molar-refractivity contribution < 1.29 is 19.4 Å². The third-order valence-corrected chi connectivity index (χ3v) is 3.11. The number of anilines is 1. The minimum Gasteiger partial charge on any atom is -0.478 e. The zero-order chi connectivity index (χ0) is 13.8. The van der Waals surface area contributed by atoms with Crippen LogP contribution in [0.2, 0.25) is 0 Å². The van der Waals surface area contributed by atoms with Gasteiger partial charge in [-0.25, -0.2) is 4.79 Å². The second-order valence-corrected chi connectivity index (χ2v) is 4.46. The number of ether oxygens (including phenoxy) is 1. The second kappa shape index (κ2) is 5.71. The molecule has 1 saturated heterocycles. The molecule has 1 heterocycles.